The van der Waals surface area contributed by atoms with Crippen LogP contribution in [0.2, 0.25) is 10.0 Å². The number of carbonyl (C=O) groups is 1. The molecule has 2 aromatic rings. The van der Waals surface area contributed by atoms with Crippen molar-refractivity contribution in [2.45, 2.75) is 6.42 Å². The molecule has 3 N–H and O–H groups in total. The van der Waals surface area contributed by atoms with Gasteiger partial charge in [-0.3, -0.25) is 4.79 Å². The minimum atomic E-state index is -0.487. The molecule has 25 heavy (non-hydrogen) atoms. The Labute approximate surface area is 155 Å². The number of nitrogens with zero attached hydrogens (tertiary/aromatic N) is 1. The van der Waals surface area contributed by atoms with Gasteiger partial charge in [-0.2, -0.15) is 5.26 Å². The Hall–Kier alpha value is -2.68. The Morgan fingerprint density at radius 1 is 1.20 bits per heavy atom. The Morgan fingerprint density at radius 3 is 2.56 bits per heavy atom. The maximum Gasteiger partial charge on any atom is 0.263 e. The highest BCUT2D eigenvalue weighted by Crippen LogP contribution is 2.25. The van der Waals surface area contributed by atoms with Crippen molar-refractivity contribution < 1.29 is 9.90 Å². The van der Waals surface area contributed by atoms with Gasteiger partial charge in [-0.25, -0.2) is 0 Å². The van der Waals surface area contributed by atoms with Crippen LogP contribution >= 0.6 is 23.2 Å². The van der Waals surface area contributed by atoms with Crippen LogP contribution in [0.3, 0.4) is 0 Å². The highest BCUT2D eigenvalue weighted by atomic mass is 35.5. The number of aromatic hydroxyl groups is 1. The number of anilines is 1. The second-order valence-corrected chi connectivity index (χ2v) is 5.95. The number of nitrogens with one attached hydrogen (secondary N) is 2. The molecule has 0 saturated heterocycles. The number of carbonyl (C=O) groups excluding carboxylic acids is 1. The van der Waals surface area contributed by atoms with Gasteiger partial charge in [0.25, 0.3) is 5.91 Å². The second-order valence-electron chi connectivity index (χ2n) is 5.11. The molecule has 1 amide bonds. The van der Waals surface area contributed by atoms with Crippen LogP contribution in [0.1, 0.15) is 5.56 Å². The van der Waals surface area contributed by atoms with E-state index in [1.807, 2.05) is 6.07 Å². The molecule has 0 radical (unpaired) electrons. The monoisotopic (exact) mass is 375 g/mol. The van der Waals surface area contributed by atoms with Gasteiger partial charge in [0, 0.05) is 17.8 Å². The van der Waals surface area contributed by atoms with Crippen LogP contribution in [0.5, 0.6) is 5.75 Å². The molecule has 2 rings (SSSR count). The first-order chi connectivity index (χ1) is 12.0. The van der Waals surface area contributed by atoms with Crippen LogP contribution in [0, 0.1) is 11.3 Å². The van der Waals surface area contributed by atoms with Crippen molar-refractivity contribution >= 4 is 34.8 Å². The average Bonchev–Trinajstić information content (AvgIpc) is 2.59. The number of phenols is 1. The van der Waals surface area contributed by atoms with E-state index in [0.717, 1.165) is 5.56 Å². The van der Waals surface area contributed by atoms with E-state index in [1.54, 1.807) is 42.5 Å². The largest absolute Gasteiger partial charge is 0.508 e. The average molecular weight is 376 g/mol. The fraction of sp³-hybridized carbons (Fsp3) is 0.111. The highest BCUT2D eigenvalue weighted by Gasteiger charge is 2.09. The lowest BCUT2D eigenvalue weighted by Gasteiger charge is -2.07. The normalized spacial score (nSPS) is 10.8. The van der Waals surface area contributed by atoms with Gasteiger partial charge >= 0.3 is 0 Å². The molecule has 0 aliphatic rings. The minimum Gasteiger partial charge on any atom is -0.508 e. The molecular weight excluding hydrogens is 361 g/mol. The lowest BCUT2D eigenvalue weighted by Crippen LogP contribution is -2.27. The fourth-order valence-corrected chi connectivity index (χ4v) is 2.45. The smallest absolute Gasteiger partial charge is 0.263 e. The van der Waals surface area contributed by atoms with Gasteiger partial charge in [0.15, 0.2) is 0 Å². The van der Waals surface area contributed by atoms with E-state index < -0.39 is 5.91 Å². The Bertz CT molecular complexity index is 827. The van der Waals surface area contributed by atoms with Gasteiger partial charge in [-0.05, 0) is 42.3 Å². The summed E-state index contributed by atoms with van der Waals surface area (Å²) in [6.45, 7) is 0.365. The van der Waals surface area contributed by atoms with Gasteiger partial charge in [0.2, 0.25) is 0 Å². The summed E-state index contributed by atoms with van der Waals surface area (Å²) in [6.07, 6.45) is 1.88. The SMILES string of the molecule is N#C/C(=C/Nc1ccc(Cl)cc1Cl)C(=O)NCCc1ccc(O)cc1. The summed E-state index contributed by atoms with van der Waals surface area (Å²) < 4.78 is 0. The van der Waals surface area contributed by atoms with E-state index in [0.29, 0.717) is 28.7 Å². The van der Waals surface area contributed by atoms with Gasteiger partial charge in [0.1, 0.15) is 17.4 Å². The zero-order valence-electron chi connectivity index (χ0n) is 13.1. The summed E-state index contributed by atoms with van der Waals surface area (Å²) in [5.41, 5.74) is 1.43. The van der Waals surface area contributed by atoms with Crippen LogP contribution in [0.15, 0.2) is 54.2 Å². The Balaban J connectivity index is 1.91. The quantitative estimate of drug-likeness (QED) is 0.528. The van der Waals surface area contributed by atoms with Crippen LogP contribution in [0.4, 0.5) is 5.69 Å². The number of phenolic OH excluding ortho intramolecular Hbond substituents is 1. The predicted molar refractivity (Wildman–Crippen MR) is 98.6 cm³/mol. The lowest BCUT2D eigenvalue weighted by molar-refractivity contribution is -0.117. The molecule has 7 heteroatoms. The predicted octanol–water partition coefficient (Wildman–Crippen LogP) is 3.88. The highest BCUT2D eigenvalue weighted by molar-refractivity contribution is 6.36. The number of amides is 1. The van der Waals surface area contributed by atoms with Gasteiger partial charge in [0.05, 0.1) is 10.7 Å². The number of hydrogen-bond acceptors (Lipinski definition) is 4. The Morgan fingerprint density at radius 2 is 1.92 bits per heavy atom. The molecule has 0 atom stereocenters. The van der Waals surface area contributed by atoms with Crippen molar-refractivity contribution in [1.29, 1.82) is 5.26 Å². The van der Waals surface area contributed by atoms with Crippen molar-refractivity contribution in [2.24, 2.45) is 0 Å². The Kier molecular flexibility index (Phi) is 6.70. The van der Waals surface area contributed by atoms with E-state index in [9.17, 15) is 9.90 Å². The number of nitriles is 1. The van der Waals surface area contributed by atoms with Crippen molar-refractivity contribution in [3.8, 4) is 11.8 Å². The molecule has 0 aromatic heterocycles. The van der Waals surface area contributed by atoms with Crippen LogP contribution in [-0.4, -0.2) is 17.6 Å². The minimum absolute atomic E-state index is 0.0725. The summed E-state index contributed by atoms with van der Waals surface area (Å²) in [4.78, 5) is 12.0. The lowest BCUT2D eigenvalue weighted by atomic mass is 10.1. The first kappa shape index (κ1) is 18.7. The molecule has 0 heterocycles. The van der Waals surface area contributed by atoms with Gasteiger partial charge in [-0.1, -0.05) is 35.3 Å². The molecule has 0 bridgehead atoms. The van der Waals surface area contributed by atoms with Crippen molar-refractivity contribution in [3.63, 3.8) is 0 Å². The van der Waals surface area contributed by atoms with E-state index in [4.69, 9.17) is 28.5 Å². The molecule has 0 fully saturated rings. The number of halogens is 2. The number of hydrogen-bond donors (Lipinski definition) is 3. The standard InChI is InChI=1S/C18H15Cl2N3O2/c19-14-3-6-17(16(20)9-14)23-11-13(10-21)18(25)22-8-7-12-1-4-15(24)5-2-12/h1-6,9,11,23-24H,7-8H2,(H,22,25)/b13-11-. The third-order valence-electron chi connectivity index (χ3n) is 3.30. The van der Waals surface area contributed by atoms with Crippen molar-refractivity contribution in [1.82, 2.24) is 5.32 Å². The summed E-state index contributed by atoms with van der Waals surface area (Å²) in [7, 11) is 0. The third kappa shape index (κ3) is 5.71. The summed E-state index contributed by atoms with van der Waals surface area (Å²) >= 11 is 11.8. The van der Waals surface area contributed by atoms with Gasteiger partial charge < -0.3 is 15.7 Å². The first-order valence-electron chi connectivity index (χ1n) is 7.37. The molecular formula is C18H15Cl2N3O2. The maximum absolute atomic E-state index is 12.0. The van der Waals surface area contributed by atoms with E-state index in [2.05, 4.69) is 10.6 Å². The van der Waals surface area contributed by atoms with Crippen LogP contribution in [0.25, 0.3) is 0 Å². The zero-order valence-corrected chi connectivity index (χ0v) is 14.6. The molecule has 0 aliphatic heterocycles. The number of rotatable bonds is 6. The van der Waals surface area contributed by atoms with E-state index >= 15 is 0 Å². The fourth-order valence-electron chi connectivity index (χ4n) is 1.98. The second kappa shape index (κ2) is 8.97. The molecule has 128 valence electrons. The van der Waals surface area contributed by atoms with Gasteiger partial charge in [-0.15, -0.1) is 0 Å². The molecule has 2 aromatic carbocycles. The topological polar surface area (TPSA) is 85.2 Å². The molecule has 0 spiro atoms. The molecule has 0 aliphatic carbocycles. The van der Waals surface area contributed by atoms with Crippen LogP contribution < -0.4 is 10.6 Å². The summed E-state index contributed by atoms with van der Waals surface area (Å²) in [5.74, 6) is -0.298. The molecule has 0 unspecified atom stereocenters. The van der Waals surface area contributed by atoms with Crippen molar-refractivity contribution in [3.05, 3.63) is 69.8 Å². The third-order valence-corrected chi connectivity index (χ3v) is 3.85. The van der Waals surface area contributed by atoms with Crippen LogP contribution in [-0.2, 0) is 11.2 Å². The number of benzene rings is 2. The summed E-state index contributed by atoms with van der Waals surface area (Å²) in [6, 6.07) is 13.4. The maximum atomic E-state index is 12.0. The van der Waals surface area contributed by atoms with E-state index in [-0.39, 0.29) is 11.3 Å². The summed E-state index contributed by atoms with van der Waals surface area (Å²) in [5, 5.41) is 24.7. The molecule has 0 saturated carbocycles. The van der Waals surface area contributed by atoms with E-state index in [1.165, 1.54) is 6.20 Å². The molecule has 5 nitrogen and oxygen atoms in total. The first-order valence-corrected chi connectivity index (χ1v) is 8.13. The van der Waals surface area contributed by atoms with Crippen molar-refractivity contribution in [2.75, 3.05) is 11.9 Å². The zero-order chi connectivity index (χ0) is 18.2.